The van der Waals surface area contributed by atoms with Gasteiger partial charge < -0.3 is 20.4 Å². The Hall–Kier alpha value is -2.15. The van der Waals surface area contributed by atoms with Gasteiger partial charge in [-0.2, -0.15) is 0 Å². The first-order chi connectivity index (χ1) is 11.5. The fourth-order valence-electron chi connectivity index (χ4n) is 3.68. The number of aromatic nitrogens is 1. The average Bonchev–Trinajstić information content (AvgIpc) is 2.60. The van der Waals surface area contributed by atoms with Crippen molar-refractivity contribution in [1.29, 1.82) is 0 Å². The first-order valence-electron chi connectivity index (χ1n) is 8.36. The van der Waals surface area contributed by atoms with Crippen LogP contribution in [0.2, 0.25) is 0 Å². The lowest BCUT2D eigenvalue weighted by atomic mass is 9.86. The Morgan fingerprint density at radius 1 is 1.29 bits per heavy atom. The van der Waals surface area contributed by atoms with Gasteiger partial charge in [0.15, 0.2) is 0 Å². The quantitative estimate of drug-likeness (QED) is 0.843. The molecule has 1 aromatic heterocycles. The van der Waals surface area contributed by atoms with Gasteiger partial charge in [-0.25, -0.2) is 0 Å². The number of aromatic amines is 1. The van der Waals surface area contributed by atoms with Crippen molar-refractivity contribution in [1.82, 2.24) is 9.88 Å². The molecular formula is C17H23N3O4. The van der Waals surface area contributed by atoms with E-state index in [2.05, 4.69) is 4.98 Å². The van der Waals surface area contributed by atoms with Gasteiger partial charge in [-0.15, -0.1) is 0 Å². The molecule has 1 aliphatic carbocycles. The van der Waals surface area contributed by atoms with E-state index in [9.17, 15) is 14.4 Å². The van der Waals surface area contributed by atoms with Gasteiger partial charge in [-0.1, -0.05) is 0 Å². The van der Waals surface area contributed by atoms with Crippen molar-refractivity contribution in [2.24, 2.45) is 11.7 Å². The van der Waals surface area contributed by atoms with Gasteiger partial charge in [0.05, 0.1) is 6.10 Å². The van der Waals surface area contributed by atoms with Crippen LogP contribution in [0.1, 0.15) is 47.3 Å². The van der Waals surface area contributed by atoms with E-state index in [1.165, 1.54) is 6.07 Å². The number of ether oxygens (including phenoxy) is 1. The summed E-state index contributed by atoms with van der Waals surface area (Å²) < 4.78 is 5.36. The monoisotopic (exact) mass is 333 g/mol. The van der Waals surface area contributed by atoms with Gasteiger partial charge in [-0.3, -0.25) is 14.4 Å². The van der Waals surface area contributed by atoms with Gasteiger partial charge in [0, 0.05) is 38.2 Å². The number of nitrogens with one attached hydrogen (secondary N) is 1. The van der Waals surface area contributed by atoms with Crippen LogP contribution in [0.25, 0.3) is 0 Å². The number of hydrogen-bond acceptors (Lipinski definition) is 4. The number of methoxy groups -OCH3 is 1. The van der Waals surface area contributed by atoms with Crippen LogP contribution in [0.15, 0.2) is 10.9 Å². The molecule has 0 bridgehead atoms. The Labute approximate surface area is 140 Å². The number of nitrogens with two attached hydrogens (primary N) is 1. The minimum atomic E-state index is -0.750. The number of hydrogen-bond donors (Lipinski definition) is 2. The zero-order valence-corrected chi connectivity index (χ0v) is 13.8. The molecule has 3 rings (SSSR count). The maximum absolute atomic E-state index is 12.8. The number of nitrogens with zero attached hydrogens (tertiary/aromatic N) is 1. The largest absolute Gasteiger partial charge is 0.381 e. The minimum Gasteiger partial charge on any atom is -0.381 e. The van der Waals surface area contributed by atoms with Crippen LogP contribution in [0.4, 0.5) is 0 Å². The maximum Gasteiger partial charge on any atom is 0.261 e. The molecule has 1 aromatic rings. The summed E-state index contributed by atoms with van der Waals surface area (Å²) in [6, 6.07) is 1.53. The minimum absolute atomic E-state index is 0.0383. The predicted molar refractivity (Wildman–Crippen MR) is 87.5 cm³/mol. The van der Waals surface area contributed by atoms with Gasteiger partial charge in [0.25, 0.3) is 11.5 Å². The number of carbonyl (C=O) groups is 2. The third-order valence-corrected chi connectivity index (χ3v) is 5.14. The highest BCUT2D eigenvalue weighted by molar-refractivity contribution is 5.92. The molecule has 2 heterocycles. The molecule has 0 unspecified atom stereocenters. The van der Waals surface area contributed by atoms with E-state index >= 15 is 0 Å². The third-order valence-electron chi connectivity index (χ3n) is 5.14. The van der Waals surface area contributed by atoms with Gasteiger partial charge in [0.1, 0.15) is 5.56 Å². The standard InChI is InChI=1S/C17H23N3O4/c1-24-12-4-2-10(3-5-12)17(23)20-7-6-14-11(9-20)8-13(15(18)21)16(22)19-14/h8,10,12H,2-7,9H2,1H3,(H2,18,21)(H,19,22). The molecule has 1 fully saturated rings. The van der Waals surface area contributed by atoms with E-state index in [0.29, 0.717) is 19.5 Å². The second kappa shape index (κ2) is 6.76. The van der Waals surface area contributed by atoms with Crippen molar-refractivity contribution >= 4 is 11.8 Å². The molecule has 7 heteroatoms. The fraction of sp³-hybridized carbons (Fsp3) is 0.588. The second-order valence-electron chi connectivity index (χ2n) is 6.60. The molecule has 24 heavy (non-hydrogen) atoms. The molecule has 0 aromatic carbocycles. The van der Waals surface area contributed by atoms with Crippen LogP contribution in [-0.4, -0.2) is 41.5 Å². The van der Waals surface area contributed by atoms with E-state index in [1.807, 2.05) is 4.90 Å². The Balaban J connectivity index is 1.72. The van der Waals surface area contributed by atoms with Crippen molar-refractivity contribution in [2.45, 2.75) is 44.8 Å². The highest BCUT2D eigenvalue weighted by Crippen LogP contribution is 2.29. The Kier molecular flexibility index (Phi) is 4.71. The summed E-state index contributed by atoms with van der Waals surface area (Å²) in [7, 11) is 1.71. The smallest absolute Gasteiger partial charge is 0.261 e. The number of carbonyl (C=O) groups excluding carboxylic acids is 2. The second-order valence-corrected chi connectivity index (χ2v) is 6.60. The summed E-state index contributed by atoms with van der Waals surface area (Å²) in [6.07, 6.45) is 4.37. The first-order valence-corrected chi connectivity index (χ1v) is 8.36. The summed E-state index contributed by atoms with van der Waals surface area (Å²) >= 11 is 0. The predicted octanol–water partition coefficient (Wildman–Crippen LogP) is 0.564. The first kappa shape index (κ1) is 16.7. The van der Waals surface area contributed by atoms with E-state index < -0.39 is 11.5 Å². The van der Waals surface area contributed by atoms with E-state index in [-0.39, 0.29) is 23.5 Å². The lowest BCUT2D eigenvalue weighted by Crippen LogP contribution is -2.42. The van der Waals surface area contributed by atoms with E-state index in [1.54, 1.807) is 7.11 Å². The van der Waals surface area contributed by atoms with Gasteiger partial charge in [0.2, 0.25) is 5.91 Å². The molecule has 2 amide bonds. The summed E-state index contributed by atoms with van der Waals surface area (Å²) in [4.78, 5) is 40.5. The highest BCUT2D eigenvalue weighted by Gasteiger charge is 2.31. The van der Waals surface area contributed by atoms with Crippen LogP contribution in [0.5, 0.6) is 0 Å². The highest BCUT2D eigenvalue weighted by atomic mass is 16.5. The van der Waals surface area contributed by atoms with Crippen LogP contribution in [0, 0.1) is 5.92 Å². The molecule has 0 radical (unpaired) electrons. The Bertz CT molecular complexity index is 704. The zero-order chi connectivity index (χ0) is 17.3. The lowest BCUT2D eigenvalue weighted by Gasteiger charge is -2.34. The topological polar surface area (TPSA) is 105 Å². The molecule has 1 saturated carbocycles. The maximum atomic E-state index is 12.8. The number of rotatable bonds is 3. The fourth-order valence-corrected chi connectivity index (χ4v) is 3.68. The molecule has 7 nitrogen and oxygen atoms in total. The number of fused-ring (bicyclic) bond motifs is 1. The zero-order valence-electron chi connectivity index (χ0n) is 13.8. The summed E-state index contributed by atoms with van der Waals surface area (Å²) in [5, 5.41) is 0. The van der Waals surface area contributed by atoms with Crippen molar-refractivity contribution in [3.05, 3.63) is 33.2 Å². The van der Waals surface area contributed by atoms with Crippen LogP contribution in [0.3, 0.4) is 0 Å². The Morgan fingerprint density at radius 2 is 2.00 bits per heavy atom. The molecule has 130 valence electrons. The van der Waals surface area contributed by atoms with Crippen LogP contribution < -0.4 is 11.3 Å². The van der Waals surface area contributed by atoms with Gasteiger partial charge in [-0.05, 0) is 37.3 Å². The molecule has 0 atom stereocenters. The van der Waals surface area contributed by atoms with Crippen LogP contribution in [-0.2, 0) is 22.5 Å². The molecule has 2 aliphatic rings. The van der Waals surface area contributed by atoms with Crippen molar-refractivity contribution < 1.29 is 14.3 Å². The lowest BCUT2D eigenvalue weighted by molar-refractivity contribution is -0.138. The summed E-state index contributed by atoms with van der Waals surface area (Å²) in [5.74, 6) is -0.557. The molecule has 1 aliphatic heterocycles. The van der Waals surface area contributed by atoms with Crippen molar-refractivity contribution in [3.63, 3.8) is 0 Å². The SMILES string of the molecule is COC1CCC(C(=O)N2CCc3[nH]c(=O)c(C(N)=O)cc3C2)CC1. The number of H-pyrrole nitrogens is 1. The third kappa shape index (κ3) is 3.21. The number of primary amides is 1. The number of pyridine rings is 1. The number of amides is 2. The van der Waals surface area contributed by atoms with E-state index in [4.69, 9.17) is 10.5 Å². The summed E-state index contributed by atoms with van der Waals surface area (Å²) in [5.41, 5.74) is 6.31. The normalized spacial score (nSPS) is 23.6. The van der Waals surface area contributed by atoms with Crippen molar-refractivity contribution in [3.8, 4) is 0 Å². The van der Waals surface area contributed by atoms with Gasteiger partial charge >= 0.3 is 0 Å². The molecule has 0 spiro atoms. The van der Waals surface area contributed by atoms with Crippen molar-refractivity contribution in [2.75, 3.05) is 13.7 Å². The molecule has 0 saturated heterocycles. The van der Waals surface area contributed by atoms with E-state index in [0.717, 1.165) is 36.9 Å². The molecular weight excluding hydrogens is 310 g/mol. The summed E-state index contributed by atoms with van der Waals surface area (Å²) in [6.45, 7) is 0.997. The average molecular weight is 333 g/mol. The van der Waals surface area contributed by atoms with Crippen LogP contribution >= 0.6 is 0 Å². The molecule has 3 N–H and O–H groups in total. The Morgan fingerprint density at radius 3 is 2.62 bits per heavy atom.